The highest BCUT2D eigenvalue weighted by atomic mass is 33.1. The van der Waals surface area contributed by atoms with E-state index in [1.165, 1.54) is 32.1 Å². The fraction of sp³-hybridized carbons (Fsp3) is 0.0588. The van der Waals surface area contributed by atoms with Crippen LogP contribution < -0.4 is 0 Å². The molecular weight excluding hydrogens is 503 g/mol. The Balaban J connectivity index is 1.45. The molecule has 0 aliphatic carbocycles. The van der Waals surface area contributed by atoms with Crippen LogP contribution in [0.5, 0.6) is 0 Å². The molecular formula is C34H27PS2. The van der Waals surface area contributed by atoms with Crippen LogP contribution in [-0.4, -0.2) is 0 Å². The van der Waals surface area contributed by atoms with E-state index in [0.29, 0.717) is 0 Å². The van der Waals surface area contributed by atoms with Crippen LogP contribution in [0.25, 0.3) is 12.2 Å². The van der Waals surface area contributed by atoms with Gasteiger partial charge < -0.3 is 0 Å². The zero-order valence-electron chi connectivity index (χ0n) is 20.4. The second-order valence-corrected chi connectivity index (χ2v) is 15.7. The maximum atomic E-state index is 2.57. The van der Waals surface area contributed by atoms with Gasteiger partial charge in [0.1, 0.15) is 0 Å². The molecule has 0 nitrogen and oxygen atoms in total. The minimum atomic E-state index is -0.513. The van der Waals surface area contributed by atoms with E-state index in [2.05, 4.69) is 181 Å². The Morgan fingerprint density at radius 3 is 1.62 bits per heavy atom. The normalized spacial score (nSPS) is 23.1. The Bertz CT molecular complexity index is 1410. The lowest BCUT2D eigenvalue weighted by atomic mass is 9.79. The zero-order valence-corrected chi connectivity index (χ0v) is 22.9. The lowest BCUT2D eigenvalue weighted by molar-refractivity contribution is 0.672. The van der Waals surface area contributed by atoms with Crippen LogP contribution >= 0.6 is 29.1 Å². The quantitative estimate of drug-likeness (QED) is 0.227. The summed E-state index contributed by atoms with van der Waals surface area (Å²) in [5.74, 6) is 0.258. The van der Waals surface area contributed by atoms with Crippen LogP contribution in [0.15, 0.2) is 155 Å². The molecule has 6 rings (SSSR count). The second kappa shape index (κ2) is 11.2. The predicted octanol–water partition coefficient (Wildman–Crippen LogP) is 10.7. The van der Waals surface area contributed by atoms with E-state index in [-0.39, 0.29) is 11.1 Å². The van der Waals surface area contributed by atoms with Gasteiger partial charge in [-0.3, -0.25) is 0 Å². The van der Waals surface area contributed by atoms with Crippen LogP contribution in [-0.2, 0) is 5.16 Å². The van der Waals surface area contributed by atoms with Crippen molar-refractivity contribution in [1.29, 1.82) is 0 Å². The molecule has 2 heterocycles. The minimum absolute atomic E-state index is 0.0757. The molecule has 0 amide bonds. The summed E-state index contributed by atoms with van der Waals surface area (Å²) in [6.45, 7) is 0. The molecule has 4 aromatic carbocycles. The van der Waals surface area contributed by atoms with E-state index < -0.39 is 6.33 Å². The number of fused-ring (bicyclic) bond motifs is 1. The average Bonchev–Trinajstić information content (AvgIpc) is 3.36. The Hall–Kier alpha value is -3.03. The first kappa shape index (κ1) is 24.3. The van der Waals surface area contributed by atoms with Gasteiger partial charge in [0.05, 0.1) is 5.16 Å². The summed E-state index contributed by atoms with van der Waals surface area (Å²) in [5.41, 5.74) is 5.24. The van der Waals surface area contributed by atoms with E-state index in [1.54, 1.807) is 0 Å². The molecule has 0 saturated heterocycles. The van der Waals surface area contributed by atoms with Crippen molar-refractivity contribution in [3.05, 3.63) is 178 Å². The maximum absolute atomic E-state index is 2.57. The summed E-state index contributed by atoms with van der Waals surface area (Å²) in [6, 6.07) is 43.4. The first-order chi connectivity index (χ1) is 18.3. The van der Waals surface area contributed by atoms with Crippen molar-refractivity contribution in [1.82, 2.24) is 0 Å². The molecule has 3 heteroatoms. The summed E-state index contributed by atoms with van der Waals surface area (Å²) in [4.78, 5) is 2.71. The smallest absolute Gasteiger partial charge is 0.0641 e. The van der Waals surface area contributed by atoms with Crippen LogP contribution in [0, 0.1) is 0 Å². The van der Waals surface area contributed by atoms with Gasteiger partial charge in [-0.05, 0) is 34.4 Å². The van der Waals surface area contributed by atoms with Crippen molar-refractivity contribution in [2.45, 2.75) is 11.1 Å². The highest BCUT2D eigenvalue weighted by Gasteiger charge is 2.52. The molecule has 37 heavy (non-hydrogen) atoms. The fourth-order valence-corrected chi connectivity index (χ4v) is 13.9. The molecule has 2 aliphatic rings. The largest absolute Gasteiger partial charge is 0.0858 e. The van der Waals surface area contributed by atoms with Crippen LogP contribution in [0.2, 0.25) is 0 Å². The Morgan fingerprint density at radius 2 is 1.03 bits per heavy atom. The molecule has 3 unspecified atom stereocenters. The lowest BCUT2D eigenvalue weighted by Crippen LogP contribution is -2.28. The van der Waals surface area contributed by atoms with Gasteiger partial charge in [0.2, 0.25) is 0 Å². The van der Waals surface area contributed by atoms with E-state index in [0.717, 1.165) is 0 Å². The van der Waals surface area contributed by atoms with Crippen molar-refractivity contribution < 1.29 is 0 Å². The van der Waals surface area contributed by atoms with Crippen molar-refractivity contribution in [3.8, 4) is 0 Å². The topological polar surface area (TPSA) is 0 Å². The number of rotatable bonds is 6. The van der Waals surface area contributed by atoms with Crippen molar-refractivity contribution in [3.63, 3.8) is 0 Å². The molecule has 0 fully saturated rings. The molecule has 3 atom stereocenters. The molecule has 0 N–H and O–H groups in total. The zero-order chi connectivity index (χ0) is 24.9. The van der Waals surface area contributed by atoms with Gasteiger partial charge in [-0.25, -0.2) is 0 Å². The third kappa shape index (κ3) is 5.20. The summed E-state index contributed by atoms with van der Waals surface area (Å²) in [7, 11) is 0. The van der Waals surface area contributed by atoms with Gasteiger partial charge in [0.25, 0.3) is 0 Å². The Labute approximate surface area is 229 Å². The molecule has 2 aliphatic heterocycles. The first-order valence-electron chi connectivity index (χ1n) is 12.5. The fourth-order valence-electron chi connectivity index (χ4n) is 4.92. The van der Waals surface area contributed by atoms with E-state index in [4.69, 9.17) is 0 Å². The van der Waals surface area contributed by atoms with Crippen molar-refractivity contribution >= 4 is 41.2 Å². The summed E-state index contributed by atoms with van der Waals surface area (Å²) < 4.78 is 0. The number of hydrogen-bond donors (Lipinski definition) is 0. The monoisotopic (exact) mass is 530 g/mol. The van der Waals surface area contributed by atoms with Crippen LogP contribution in [0.4, 0.5) is 0 Å². The third-order valence-electron chi connectivity index (χ3n) is 6.72. The molecule has 0 bridgehead atoms. The molecule has 180 valence electrons. The summed E-state index contributed by atoms with van der Waals surface area (Å²) in [5, 5.41) is -0.0757. The van der Waals surface area contributed by atoms with Gasteiger partial charge in [0.15, 0.2) is 0 Å². The Kier molecular flexibility index (Phi) is 7.33. The highest BCUT2D eigenvalue weighted by molar-refractivity contribution is 8.90. The van der Waals surface area contributed by atoms with Gasteiger partial charge in [-0.15, -0.1) is 0 Å². The van der Waals surface area contributed by atoms with E-state index >= 15 is 0 Å². The van der Waals surface area contributed by atoms with Gasteiger partial charge >= 0.3 is 0 Å². The number of hydrogen-bond acceptors (Lipinski definition) is 2. The molecule has 0 aromatic heterocycles. The molecule has 0 spiro atoms. The van der Waals surface area contributed by atoms with Gasteiger partial charge in [-0.1, -0.05) is 168 Å². The van der Waals surface area contributed by atoms with Crippen LogP contribution in [0.3, 0.4) is 0 Å². The lowest BCUT2D eigenvalue weighted by Gasteiger charge is -2.43. The van der Waals surface area contributed by atoms with E-state index in [9.17, 15) is 0 Å². The molecule has 4 aromatic rings. The van der Waals surface area contributed by atoms with Gasteiger partial charge in [-0.2, -0.15) is 0 Å². The highest BCUT2D eigenvalue weighted by Crippen LogP contribution is 2.85. The third-order valence-corrected chi connectivity index (χ3v) is 14.7. The Morgan fingerprint density at radius 1 is 0.541 bits per heavy atom. The first-order valence-corrected chi connectivity index (χ1v) is 16.7. The maximum Gasteiger partial charge on any atom is 0.0641 e. The molecule has 0 saturated carbocycles. The SMILES string of the molecule is C1=C(/C=C/c2ccccc2)SP2SC(/C=C/c3ccccc3)=CC2(c2ccccc2)C1c1ccccc1. The summed E-state index contributed by atoms with van der Waals surface area (Å²) in [6.07, 6.45) is 13.7. The number of allylic oxidation sites excluding steroid dienone is 4. The van der Waals surface area contributed by atoms with Crippen molar-refractivity contribution in [2.24, 2.45) is 0 Å². The van der Waals surface area contributed by atoms with Crippen molar-refractivity contribution in [2.75, 3.05) is 0 Å². The summed E-state index contributed by atoms with van der Waals surface area (Å²) >= 11 is 4.11. The minimum Gasteiger partial charge on any atom is -0.0858 e. The van der Waals surface area contributed by atoms with Gasteiger partial charge in [0, 0.05) is 22.1 Å². The van der Waals surface area contributed by atoms with Crippen LogP contribution in [0.1, 0.15) is 28.2 Å². The second-order valence-electron chi connectivity index (χ2n) is 9.12. The molecule has 0 radical (unpaired) electrons. The number of benzene rings is 4. The standard InChI is InChI=1S/C34H27PS2/c1-5-13-27(14-6-1)21-23-31-25-33(29-17-9-3-10-18-29)34(30-19-11-4-12-20-30)26-32(37-35(34)36-31)24-22-28-15-7-2-8-16-28/h1-26,33H/b23-21+,24-22+. The average molecular weight is 531 g/mol. The predicted molar refractivity (Wildman–Crippen MR) is 167 cm³/mol. The van der Waals surface area contributed by atoms with E-state index in [1.807, 2.05) is 0 Å².